The average molecular weight is 328 g/mol. The Morgan fingerprint density at radius 1 is 1.22 bits per heavy atom. The monoisotopic (exact) mass is 327 g/mol. The van der Waals surface area contributed by atoms with E-state index in [4.69, 9.17) is 11.6 Å². The van der Waals surface area contributed by atoms with Gasteiger partial charge in [-0.2, -0.15) is 4.99 Å². The molecule has 0 amide bonds. The van der Waals surface area contributed by atoms with E-state index in [1.807, 2.05) is 19.1 Å². The van der Waals surface area contributed by atoms with Crippen molar-refractivity contribution in [3.63, 3.8) is 0 Å². The van der Waals surface area contributed by atoms with E-state index in [1.54, 1.807) is 30.5 Å². The second-order valence-electron chi connectivity index (χ2n) is 4.92. The predicted molar refractivity (Wildman–Crippen MR) is 89.0 cm³/mol. The Labute approximate surface area is 136 Å². The highest BCUT2D eigenvalue weighted by molar-refractivity contribution is 6.31. The average Bonchev–Trinajstić information content (AvgIpc) is 2.55. The number of anilines is 2. The highest BCUT2D eigenvalue weighted by atomic mass is 35.5. The van der Waals surface area contributed by atoms with Crippen LogP contribution < -0.4 is 5.32 Å². The van der Waals surface area contributed by atoms with E-state index in [0.717, 1.165) is 10.9 Å². The molecule has 23 heavy (non-hydrogen) atoms. The molecule has 0 fully saturated rings. The number of pyridine rings is 1. The Morgan fingerprint density at radius 2 is 2.04 bits per heavy atom. The molecule has 3 rings (SSSR count). The Balaban J connectivity index is 2.17. The molecule has 0 aliphatic carbocycles. The number of halogens is 2. The van der Waals surface area contributed by atoms with Gasteiger partial charge in [-0.3, -0.25) is 0 Å². The number of benzene rings is 2. The van der Waals surface area contributed by atoms with Crippen LogP contribution in [0.3, 0.4) is 0 Å². The van der Waals surface area contributed by atoms with Gasteiger partial charge in [0.2, 0.25) is 6.08 Å². The highest BCUT2D eigenvalue weighted by Gasteiger charge is 2.11. The summed E-state index contributed by atoms with van der Waals surface area (Å²) < 4.78 is 14.1. The molecule has 0 bridgehead atoms. The number of nitrogens with zero attached hydrogens (tertiary/aromatic N) is 2. The van der Waals surface area contributed by atoms with Crippen LogP contribution in [-0.4, -0.2) is 11.1 Å². The molecule has 0 aliphatic heterocycles. The maximum absolute atomic E-state index is 14.1. The Morgan fingerprint density at radius 3 is 2.83 bits per heavy atom. The smallest absolute Gasteiger partial charge is 0.240 e. The highest BCUT2D eigenvalue weighted by Crippen LogP contribution is 2.34. The van der Waals surface area contributed by atoms with Crippen LogP contribution in [0, 0.1) is 12.7 Å². The molecule has 114 valence electrons. The fraction of sp³-hybridized carbons (Fsp3) is 0.0588. The van der Waals surface area contributed by atoms with Crippen LogP contribution in [0.2, 0.25) is 5.02 Å². The number of fused-ring (bicyclic) bond motifs is 1. The number of aliphatic imine (C=N–C) groups is 1. The van der Waals surface area contributed by atoms with E-state index in [2.05, 4.69) is 15.3 Å². The van der Waals surface area contributed by atoms with Crippen LogP contribution in [0.5, 0.6) is 0 Å². The molecule has 1 N–H and O–H groups in total. The van der Waals surface area contributed by atoms with Crippen LogP contribution >= 0.6 is 11.6 Å². The maximum atomic E-state index is 14.1. The summed E-state index contributed by atoms with van der Waals surface area (Å²) in [6.07, 6.45) is 3.13. The number of aromatic nitrogens is 1. The second-order valence-corrected chi connectivity index (χ2v) is 5.32. The topological polar surface area (TPSA) is 54.4 Å². The molecule has 0 radical (unpaired) electrons. The number of isocyanates is 1. The fourth-order valence-corrected chi connectivity index (χ4v) is 2.54. The van der Waals surface area contributed by atoms with Crippen molar-refractivity contribution >= 4 is 45.6 Å². The van der Waals surface area contributed by atoms with Crippen molar-refractivity contribution in [2.45, 2.75) is 6.92 Å². The first-order chi connectivity index (χ1) is 11.1. The zero-order valence-corrected chi connectivity index (χ0v) is 12.9. The van der Waals surface area contributed by atoms with Crippen molar-refractivity contribution in [1.82, 2.24) is 4.98 Å². The number of hydrogen-bond donors (Lipinski definition) is 1. The SMILES string of the molecule is Cc1ccc2c(Nc3cccc(Cl)c3F)nccc2c1N=C=O. The van der Waals surface area contributed by atoms with Crippen molar-refractivity contribution in [2.75, 3.05) is 5.32 Å². The first-order valence-corrected chi connectivity index (χ1v) is 7.17. The fourth-order valence-electron chi connectivity index (χ4n) is 2.37. The Hall–Kier alpha value is -2.75. The van der Waals surface area contributed by atoms with Gasteiger partial charge in [-0.05, 0) is 30.7 Å². The van der Waals surface area contributed by atoms with Crippen molar-refractivity contribution in [3.8, 4) is 0 Å². The molecule has 1 heterocycles. The number of carbonyl (C=O) groups excluding carboxylic acids is 1. The van der Waals surface area contributed by atoms with Gasteiger partial charge in [-0.25, -0.2) is 14.2 Å². The standard InChI is InChI=1S/C17H11ClFN3O/c1-10-5-6-12-11(16(10)21-9-23)7-8-20-17(12)22-14-4-2-3-13(18)15(14)19/h2-8H,1H3,(H,20,22). The largest absolute Gasteiger partial charge is 0.337 e. The van der Waals surface area contributed by atoms with Crippen molar-refractivity contribution in [1.29, 1.82) is 0 Å². The minimum Gasteiger partial charge on any atom is -0.337 e. The van der Waals surface area contributed by atoms with Gasteiger partial charge in [-0.1, -0.05) is 29.8 Å². The second kappa shape index (κ2) is 6.16. The third-order valence-corrected chi connectivity index (χ3v) is 3.77. The first-order valence-electron chi connectivity index (χ1n) is 6.79. The molecule has 3 aromatic rings. The lowest BCUT2D eigenvalue weighted by molar-refractivity contribution is 0.565. The lowest BCUT2D eigenvalue weighted by Crippen LogP contribution is -1.97. The normalized spacial score (nSPS) is 10.4. The summed E-state index contributed by atoms with van der Waals surface area (Å²) in [5.74, 6) is -0.0998. The van der Waals surface area contributed by atoms with Gasteiger partial charge in [0, 0.05) is 17.0 Å². The zero-order chi connectivity index (χ0) is 16.4. The molecule has 1 aromatic heterocycles. The molecule has 0 aliphatic rings. The molecular weight excluding hydrogens is 317 g/mol. The summed E-state index contributed by atoms with van der Waals surface area (Å²) in [6, 6.07) is 10.1. The van der Waals surface area contributed by atoms with Gasteiger partial charge in [-0.15, -0.1) is 0 Å². The molecule has 0 saturated heterocycles. The lowest BCUT2D eigenvalue weighted by Gasteiger charge is -2.12. The number of aryl methyl sites for hydroxylation is 1. The van der Waals surface area contributed by atoms with Gasteiger partial charge in [0.15, 0.2) is 5.82 Å². The first kappa shape index (κ1) is 15.2. The van der Waals surface area contributed by atoms with E-state index in [-0.39, 0.29) is 10.7 Å². The summed E-state index contributed by atoms with van der Waals surface area (Å²) in [5.41, 5.74) is 1.58. The van der Waals surface area contributed by atoms with Crippen LogP contribution in [0.1, 0.15) is 5.56 Å². The summed E-state index contributed by atoms with van der Waals surface area (Å²) in [4.78, 5) is 18.6. The number of nitrogens with one attached hydrogen (secondary N) is 1. The molecule has 0 saturated carbocycles. The minimum absolute atomic E-state index is 0.0253. The lowest BCUT2D eigenvalue weighted by atomic mass is 10.1. The molecule has 4 nitrogen and oxygen atoms in total. The third kappa shape index (κ3) is 2.80. The molecule has 6 heteroatoms. The van der Waals surface area contributed by atoms with Gasteiger partial charge >= 0.3 is 0 Å². The van der Waals surface area contributed by atoms with Gasteiger partial charge in [0.25, 0.3) is 0 Å². The molecule has 0 spiro atoms. The van der Waals surface area contributed by atoms with E-state index in [9.17, 15) is 9.18 Å². The van der Waals surface area contributed by atoms with E-state index in [1.165, 1.54) is 6.07 Å². The van der Waals surface area contributed by atoms with Crippen molar-refractivity contribution < 1.29 is 9.18 Å². The minimum atomic E-state index is -0.550. The van der Waals surface area contributed by atoms with E-state index in [0.29, 0.717) is 16.9 Å². The Kier molecular flexibility index (Phi) is 4.06. The van der Waals surface area contributed by atoms with Gasteiger partial charge in [0.05, 0.1) is 16.4 Å². The number of rotatable bonds is 3. The van der Waals surface area contributed by atoms with E-state index < -0.39 is 5.82 Å². The van der Waals surface area contributed by atoms with Crippen LogP contribution in [-0.2, 0) is 4.79 Å². The molecule has 0 atom stereocenters. The molecule has 0 unspecified atom stereocenters. The van der Waals surface area contributed by atoms with E-state index >= 15 is 0 Å². The molecular formula is C17H11ClFN3O. The van der Waals surface area contributed by atoms with Crippen LogP contribution in [0.15, 0.2) is 47.6 Å². The van der Waals surface area contributed by atoms with Crippen molar-refractivity contribution in [2.24, 2.45) is 4.99 Å². The Bertz CT molecular complexity index is 952. The third-order valence-electron chi connectivity index (χ3n) is 3.48. The maximum Gasteiger partial charge on any atom is 0.240 e. The summed E-state index contributed by atoms with van der Waals surface area (Å²) in [7, 11) is 0. The van der Waals surface area contributed by atoms with Crippen molar-refractivity contribution in [3.05, 3.63) is 59.0 Å². The summed E-state index contributed by atoms with van der Waals surface area (Å²) in [6.45, 7) is 1.85. The van der Waals surface area contributed by atoms with Gasteiger partial charge in [0.1, 0.15) is 5.82 Å². The van der Waals surface area contributed by atoms with Crippen LogP contribution in [0.25, 0.3) is 10.8 Å². The predicted octanol–water partition coefficient (Wildman–Crippen LogP) is 5.05. The summed E-state index contributed by atoms with van der Waals surface area (Å²) >= 11 is 5.79. The number of hydrogen-bond acceptors (Lipinski definition) is 4. The molecule has 2 aromatic carbocycles. The zero-order valence-electron chi connectivity index (χ0n) is 12.1. The quantitative estimate of drug-likeness (QED) is 0.541. The van der Waals surface area contributed by atoms with Gasteiger partial charge < -0.3 is 5.32 Å². The summed E-state index contributed by atoms with van der Waals surface area (Å²) in [5, 5.41) is 4.40. The van der Waals surface area contributed by atoms with Crippen LogP contribution in [0.4, 0.5) is 21.6 Å².